The van der Waals surface area contributed by atoms with Crippen LogP contribution in [-0.2, 0) is 0 Å². The largest absolute Gasteiger partial charge is 0.310 e. The molecule has 1 heteroatoms. The van der Waals surface area contributed by atoms with Crippen LogP contribution in [0.1, 0.15) is 77.8 Å². The van der Waals surface area contributed by atoms with Crippen LogP contribution in [0, 0.1) is 5.41 Å². The second-order valence-electron chi connectivity index (χ2n) is 7.10. The molecule has 0 spiro atoms. The Morgan fingerprint density at radius 2 is 1.60 bits per heavy atom. The highest BCUT2D eigenvalue weighted by Crippen LogP contribution is 2.29. The summed E-state index contributed by atoms with van der Waals surface area (Å²) in [5, 5.41) is 3.77. The van der Waals surface area contributed by atoms with Crippen molar-refractivity contribution in [1.82, 2.24) is 5.32 Å². The van der Waals surface area contributed by atoms with E-state index in [0.29, 0.717) is 11.5 Å². The van der Waals surface area contributed by atoms with Gasteiger partial charge in [-0.2, -0.15) is 0 Å². The van der Waals surface area contributed by atoms with Crippen LogP contribution in [-0.4, -0.2) is 6.54 Å². The molecule has 1 unspecified atom stereocenters. The highest BCUT2D eigenvalue weighted by molar-refractivity contribution is 5.19. The lowest BCUT2D eigenvalue weighted by molar-refractivity contribution is 0.310. The molecule has 1 atom stereocenters. The monoisotopic (exact) mass is 275 g/mol. The van der Waals surface area contributed by atoms with Crippen LogP contribution in [0.2, 0.25) is 0 Å². The van der Waals surface area contributed by atoms with E-state index < -0.39 is 0 Å². The third-order valence-corrected chi connectivity index (χ3v) is 3.69. The fourth-order valence-corrected chi connectivity index (χ4v) is 2.61. The SMILES string of the molecule is CCCCCCCNC(CC(C)(C)C)c1ccccc1. The first kappa shape index (κ1) is 17.2. The van der Waals surface area contributed by atoms with Crippen molar-refractivity contribution in [3.63, 3.8) is 0 Å². The maximum Gasteiger partial charge on any atom is 0.0325 e. The number of benzene rings is 1. The Labute approximate surface area is 126 Å². The Hall–Kier alpha value is -0.820. The molecule has 0 saturated heterocycles. The Balaban J connectivity index is 2.43. The molecule has 1 nitrogen and oxygen atoms in total. The highest BCUT2D eigenvalue weighted by Gasteiger charge is 2.19. The smallest absolute Gasteiger partial charge is 0.0325 e. The summed E-state index contributed by atoms with van der Waals surface area (Å²) in [7, 11) is 0. The summed E-state index contributed by atoms with van der Waals surface area (Å²) in [5.41, 5.74) is 1.78. The van der Waals surface area contributed by atoms with E-state index >= 15 is 0 Å². The summed E-state index contributed by atoms with van der Waals surface area (Å²) >= 11 is 0. The van der Waals surface area contributed by atoms with Crippen LogP contribution in [0.15, 0.2) is 30.3 Å². The normalized spacial score (nSPS) is 13.4. The van der Waals surface area contributed by atoms with E-state index in [1.807, 2.05) is 0 Å². The molecule has 0 saturated carbocycles. The minimum Gasteiger partial charge on any atom is -0.310 e. The van der Waals surface area contributed by atoms with Gasteiger partial charge in [-0.05, 0) is 30.4 Å². The van der Waals surface area contributed by atoms with Crippen molar-refractivity contribution in [2.45, 2.75) is 72.3 Å². The van der Waals surface area contributed by atoms with Crippen LogP contribution in [0.3, 0.4) is 0 Å². The molecule has 20 heavy (non-hydrogen) atoms. The van der Waals surface area contributed by atoms with Gasteiger partial charge in [0.05, 0.1) is 0 Å². The molecule has 0 aromatic heterocycles. The lowest BCUT2D eigenvalue weighted by Gasteiger charge is -2.27. The van der Waals surface area contributed by atoms with Crippen molar-refractivity contribution in [2.24, 2.45) is 5.41 Å². The van der Waals surface area contributed by atoms with Crippen molar-refractivity contribution >= 4 is 0 Å². The van der Waals surface area contributed by atoms with Gasteiger partial charge in [0.2, 0.25) is 0 Å². The van der Waals surface area contributed by atoms with Crippen LogP contribution in [0.25, 0.3) is 0 Å². The Morgan fingerprint density at radius 3 is 2.20 bits per heavy atom. The van der Waals surface area contributed by atoms with Crippen molar-refractivity contribution in [2.75, 3.05) is 6.54 Å². The number of unbranched alkanes of at least 4 members (excludes halogenated alkanes) is 4. The van der Waals surface area contributed by atoms with Gasteiger partial charge in [0.15, 0.2) is 0 Å². The van der Waals surface area contributed by atoms with Crippen LogP contribution in [0.4, 0.5) is 0 Å². The van der Waals surface area contributed by atoms with Gasteiger partial charge in [0.1, 0.15) is 0 Å². The maximum absolute atomic E-state index is 3.77. The maximum atomic E-state index is 3.77. The first-order valence-electron chi connectivity index (χ1n) is 8.31. The van der Waals surface area contributed by atoms with Gasteiger partial charge < -0.3 is 5.32 Å². The minimum atomic E-state index is 0.357. The minimum absolute atomic E-state index is 0.357. The molecule has 0 radical (unpaired) electrons. The lowest BCUT2D eigenvalue weighted by atomic mass is 9.85. The number of hydrogen-bond acceptors (Lipinski definition) is 1. The molecule has 1 aromatic carbocycles. The fraction of sp³-hybridized carbons (Fsp3) is 0.684. The zero-order valence-electron chi connectivity index (χ0n) is 13.9. The first-order valence-corrected chi connectivity index (χ1v) is 8.31. The molecule has 0 aliphatic heterocycles. The molecular formula is C19H33N. The second kappa shape index (κ2) is 9.18. The van der Waals surface area contributed by atoms with E-state index in [1.54, 1.807) is 0 Å². The predicted octanol–water partition coefficient (Wildman–Crippen LogP) is 5.72. The zero-order valence-corrected chi connectivity index (χ0v) is 13.9. The van der Waals surface area contributed by atoms with Crippen molar-refractivity contribution in [3.8, 4) is 0 Å². The summed E-state index contributed by atoms with van der Waals surface area (Å²) in [6, 6.07) is 11.4. The Morgan fingerprint density at radius 1 is 0.950 bits per heavy atom. The average molecular weight is 275 g/mol. The van der Waals surface area contributed by atoms with Gasteiger partial charge in [-0.1, -0.05) is 83.7 Å². The molecule has 0 fully saturated rings. The molecule has 1 N–H and O–H groups in total. The standard InChI is InChI=1S/C19H33N/c1-5-6-7-8-12-15-20-18(16-19(2,3)4)17-13-10-9-11-14-17/h9-11,13-14,18,20H,5-8,12,15-16H2,1-4H3. The number of hydrogen-bond donors (Lipinski definition) is 1. The van der Waals surface area contributed by atoms with Gasteiger partial charge >= 0.3 is 0 Å². The van der Waals surface area contributed by atoms with E-state index in [2.05, 4.69) is 63.3 Å². The topological polar surface area (TPSA) is 12.0 Å². The van der Waals surface area contributed by atoms with Gasteiger partial charge in [-0.3, -0.25) is 0 Å². The average Bonchev–Trinajstić information content (AvgIpc) is 2.41. The first-order chi connectivity index (χ1) is 9.53. The summed E-state index contributed by atoms with van der Waals surface area (Å²) in [5.74, 6) is 0. The Kier molecular flexibility index (Phi) is 7.91. The van der Waals surface area contributed by atoms with Gasteiger partial charge in [0, 0.05) is 6.04 Å². The summed E-state index contributed by atoms with van der Waals surface area (Å²) < 4.78 is 0. The summed E-state index contributed by atoms with van der Waals surface area (Å²) in [6.45, 7) is 10.4. The van der Waals surface area contributed by atoms with E-state index in [-0.39, 0.29) is 0 Å². The van der Waals surface area contributed by atoms with Crippen LogP contribution in [0.5, 0.6) is 0 Å². The number of nitrogens with one attached hydrogen (secondary N) is 1. The molecule has 0 aliphatic carbocycles. The third-order valence-electron chi connectivity index (χ3n) is 3.69. The lowest BCUT2D eigenvalue weighted by Crippen LogP contribution is -2.26. The molecule has 1 rings (SSSR count). The quantitative estimate of drug-likeness (QED) is 0.568. The summed E-state index contributed by atoms with van der Waals surface area (Å²) in [4.78, 5) is 0. The van der Waals surface area contributed by atoms with E-state index in [4.69, 9.17) is 0 Å². The van der Waals surface area contributed by atoms with Crippen LogP contribution >= 0.6 is 0 Å². The summed E-state index contributed by atoms with van der Waals surface area (Å²) in [6.07, 6.45) is 7.93. The fourth-order valence-electron chi connectivity index (χ4n) is 2.61. The molecule has 1 aromatic rings. The Bertz CT molecular complexity index is 337. The molecule has 0 amide bonds. The third kappa shape index (κ3) is 7.69. The van der Waals surface area contributed by atoms with Crippen LogP contribution < -0.4 is 5.32 Å². The van der Waals surface area contributed by atoms with E-state index in [0.717, 1.165) is 6.54 Å². The molecule has 0 aliphatic rings. The zero-order chi connectivity index (χ0) is 14.8. The molecule has 114 valence electrons. The van der Waals surface area contributed by atoms with Crippen molar-refractivity contribution in [3.05, 3.63) is 35.9 Å². The second-order valence-corrected chi connectivity index (χ2v) is 7.10. The highest BCUT2D eigenvalue weighted by atomic mass is 14.9. The predicted molar refractivity (Wildman–Crippen MR) is 90.0 cm³/mol. The molecule has 0 bridgehead atoms. The molecular weight excluding hydrogens is 242 g/mol. The number of rotatable bonds is 9. The van der Waals surface area contributed by atoms with Crippen molar-refractivity contribution in [1.29, 1.82) is 0 Å². The molecule has 0 heterocycles. The van der Waals surface area contributed by atoms with Crippen molar-refractivity contribution < 1.29 is 0 Å². The van der Waals surface area contributed by atoms with Gasteiger partial charge in [-0.15, -0.1) is 0 Å². The van der Waals surface area contributed by atoms with Gasteiger partial charge in [-0.25, -0.2) is 0 Å². The van der Waals surface area contributed by atoms with Gasteiger partial charge in [0.25, 0.3) is 0 Å². The van der Waals surface area contributed by atoms with E-state index in [9.17, 15) is 0 Å². The van der Waals surface area contributed by atoms with E-state index in [1.165, 1.54) is 44.1 Å².